The first-order chi connectivity index (χ1) is 16.4. The van der Waals surface area contributed by atoms with Gasteiger partial charge in [-0.05, 0) is 76.1 Å². The summed E-state index contributed by atoms with van der Waals surface area (Å²) in [5.41, 5.74) is 1.02. The number of benzene rings is 1. The monoisotopic (exact) mass is 522 g/mol. The van der Waals surface area contributed by atoms with Gasteiger partial charge in [0.2, 0.25) is 5.28 Å². The van der Waals surface area contributed by atoms with Gasteiger partial charge in [0, 0.05) is 25.8 Å². The third-order valence-corrected chi connectivity index (χ3v) is 6.26. The SMILES string of the molecule is Cc1cccc(Cl)c1NC(=O)c1cnc(Cl)nc1N(N)CCC1CCN(C(=O)OC(C)(C)C)CC1. The summed E-state index contributed by atoms with van der Waals surface area (Å²) in [7, 11) is 0. The molecule has 11 heteroatoms. The number of para-hydroxylation sites is 1. The van der Waals surface area contributed by atoms with Crippen molar-refractivity contribution in [2.75, 3.05) is 30.0 Å². The number of anilines is 2. The number of carbonyl (C=O) groups is 2. The lowest BCUT2D eigenvalue weighted by molar-refractivity contribution is 0.0182. The molecule has 0 unspecified atom stereocenters. The highest BCUT2D eigenvalue weighted by Gasteiger charge is 2.27. The lowest BCUT2D eigenvalue weighted by atomic mass is 9.93. The second kappa shape index (κ2) is 11.4. The number of amides is 2. The Morgan fingerprint density at radius 3 is 2.57 bits per heavy atom. The zero-order chi connectivity index (χ0) is 25.8. The Labute approximate surface area is 215 Å². The number of carbonyl (C=O) groups excluding carboxylic acids is 2. The van der Waals surface area contributed by atoms with Crippen LogP contribution in [-0.4, -0.2) is 52.1 Å². The Kier molecular flexibility index (Phi) is 8.79. The molecule has 2 heterocycles. The minimum Gasteiger partial charge on any atom is -0.444 e. The van der Waals surface area contributed by atoms with Crippen LogP contribution in [0.1, 0.15) is 56.0 Å². The summed E-state index contributed by atoms with van der Waals surface area (Å²) in [4.78, 5) is 35.2. The van der Waals surface area contributed by atoms with Gasteiger partial charge in [0.25, 0.3) is 5.91 Å². The van der Waals surface area contributed by atoms with Gasteiger partial charge in [-0.2, -0.15) is 4.98 Å². The van der Waals surface area contributed by atoms with E-state index in [-0.39, 0.29) is 22.8 Å². The van der Waals surface area contributed by atoms with Crippen LogP contribution in [0.3, 0.4) is 0 Å². The molecule has 3 rings (SSSR count). The molecular weight excluding hydrogens is 491 g/mol. The molecule has 1 aromatic carbocycles. The smallest absolute Gasteiger partial charge is 0.410 e. The summed E-state index contributed by atoms with van der Waals surface area (Å²) in [6, 6.07) is 5.36. The fourth-order valence-electron chi connectivity index (χ4n) is 3.86. The fourth-order valence-corrected chi connectivity index (χ4v) is 4.26. The van der Waals surface area contributed by atoms with Gasteiger partial charge >= 0.3 is 6.09 Å². The third kappa shape index (κ3) is 7.43. The van der Waals surface area contributed by atoms with Gasteiger partial charge in [0.05, 0.1) is 10.7 Å². The maximum Gasteiger partial charge on any atom is 0.410 e. The van der Waals surface area contributed by atoms with E-state index in [1.807, 2.05) is 39.8 Å². The Morgan fingerprint density at radius 2 is 1.94 bits per heavy atom. The average molecular weight is 523 g/mol. The van der Waals surface area contributed by atoms with E-state index in [9.17, 15) is 9.59 Å². The van der Waals surface area contributed by atoms with Crippen LogP contribution in [-0.2, 0) is 4.74 Å². The molecule has 1 saturated heterocycles. The van der Waals surface area contributed by atoms with Crippen molar-refractivity contribution in [1.29, 1.82) is 0 Å². The van der Waals surface area contributed by atoms with Gasteiger partial charge in [-0.1, -0.05) is 23.7 Å². The highest BCUT2D eigenvalue weighted by Crippen LogP contribution is 2.28. The standard InChI is InChI=1S/C24H32Cl2N6O3/c1-15-6-5-7-18(25)19(15)29-21(33)17-14-28-22(26)30-20(17)32(27)13-10-16-8-11-31(12-9-16)23(34)35-24(2,3)4/h5-7,14,16H,8-13,27H2,1-4H3,(H,29,33). The summed E-state index contributed by atoms with van der Waals surface area (Å²) in [6.07, 6.45) is 3.53. The van der Waals surface area contributed by atoms with E-state index >= 15 is 0 Å². The second-order valence-corrected chi connectivity index (χ2v) is 10.4. The lowest BCUT2D eigenvalue weighted by Crippen LogP contribution is -2.42. The second-order valence-electron chi connectivity index (χ2n) is 9.66. The van der Waals surface area contributed by atoms with Crippen LogP contribution in [0.4, 0.5) is 16.3 Å². The van der Waals surface area contributed by atoms with Crippen molar-refractivity contribution in [3.8, 4) is 0 Å². The molecular formula is C24H32Cl2N6O3. The van der Waals surface area contributed by atoms with Crippen LogP contribution in [0.25, 0.3) is 0 Å². The van der Waals surface area contributed by atoms with Crippen LogP contribution >= 0.6 is 23.2 Å². The summed E-state index contributed by atoms with van der Waals surface area (Å²) in [6.45, 7) is 9.15. The molecule has 1 aliphatic heterocycles. The van der Waals surface area contributed by atoms with Gasteiger partial charge in [-0.3, -0.25) is 9.80 Å². The van der Waals surface area contributed by atoms with E-state index in [4.69, 9.17) is 33.8 Å². The van der Waals surface area contributed by atoms with Crippen molar-refractivity contribution >= 4 is 46.7 Å². The minimum atomic E-state index is -0.513. The van der Waals surface area contributed by atoms with Crippen LogP contribution in [0.15, 0.2) is 24.4 Å². The van der Waals surface area contributed by atoms with Crippen molar-refractivity contribution in [3.63, 3.8) is 0 Å². The number of nitrogens with zero attached hydrogens (tertiary/aromatic N) is 4. The molecule has 3 N–H and O–H groups in total. The maximum absolute atomic E-state index is 13.0. The van der Waals surface area contributed by atoms with Gasteiger partial charge in [0.1, 0.15) is 11.2 Å². The molecule has 190 valence electrons. The van der Waals surface area contributed by atoms with Crippen LogP contribution in [0, 0.1) is 12.8 Å². The minimum absolute atomic E-state index is 0.00778. The molecule has 9 nitrogen and oxygen atoms in total. The molecule has 1 fully saturated rings. The number of aryl methyl sites for hydroxylation is 1. The predicted molar refractivity (Wildman–Crippen MR) is 138 cm³/mol. The Bertz CT molecular complexity index is 1050. The van der Waals surface area contributed by atoms with Crippen molar-refractivity contribution in [2.24, 2.45) is 11.8 Å². The number of piperidine rings is 1. The molecule has 0 radical (unpaired) electrons. The molecule has 35 heavy (non-hydrogen) atoms. The van der Waals surface area contributed by atoms with E-state index < -0.39 is 11.5 Å². The quantitative estimate of drug-likeness (QED) is 0.309. The Hall–Kier alpha value is -2.62. The maximum atomic E-state index is 13.0. The third-order valence-electron chi connectivity index (χ3n) is 5.76. The van der Waals surface area contributed by atoms with Crippen molar-refractivity contribution in [2.45, 2.75) is 52.6 Å². The topological polar surface area (TPSA) is 114 Å². The molecule has 2 aromatic rings. The molecule has 0 bridgehead atoms. The molecule has 0 spiro atoms. The molecule has 1 aromatic heterocycles. The zero-order valence-corrected chi connectivity index (χ0v) is 22.0. The first-order valence-electron chi connectivity index (χ1n) is 11.5. The first kappa shape index (κ1) is 27.0. The van der Waals surface area contributed by atoms with Gasteiger partial charge in [0.15, 0.2) is 5.82 Å². The van der Waals surface area contributed by atoms with Crippen molar-refractivity contribution < 1.29 is 14.3 Å². The van der Waals surface area contributed by atoms with Crippen LogP contribution in [0.5, 0.6) is 0 Å². The highest BCUT2D eigenvalue weighted by molar-refractivity contribution is 6.34. The fraction of sp³-hybridized carbons (Fsp3) is 0.500. The number of nitrogens with two attached hydrogens (primary N) is 1. The molecule has 0 atom stereocenters. The molecule has 1 aliphatic rings. The van der Waals surface area contributed by atoms with Gasteiger partial charge in [-0.15, -0.1) is 0 Å². The first-order valence-corrected chi connectivity index (χ1v) is 12.3. The van der Waals surface area contributed by atoms with Crippen molar-refractivity contribution in [3.05, 3.63) is 45.8 Å². The zero-order valence-electron chi connectivity index (χ0n) is 20.5. The van der Waals surface area contributed by atoms with Crippen molar-refractivity contribution in [1.82, 2.24) is 14.9 Å². The largest absolute Gasteiger partial charge is 0.444 e. The van der Waals surface area contributed by atoms with E-state index in [2.05, 4.69) is 15.3 Å². The van der Waals surface area contributed by atoms with E-state index in [0.717, 1.165) is 24.8 Å². The van der Waals surface area contributed by atoms with Crippen LogP contribution < -0.4 is 16.2 Å². The van der Waals surface area contributed by atoms with E-state index in [0.29, 0.717) is 36.3 Å². The number of hydrogen-bond acceptors (Lipinski definition) is 7. The number of ether oxygens (including phenoxy) is 1. The molecule has 0 saturated carbocycles. The van der Waals surface area contributed by atoms with Gasteiger partial charge in [-0.25, -0.2) is 15.6 Å². The number of hydrogen-bond donors (Lipinski definition) is 2. The number of rotatable bonds is 6. The highest BCUT2D eigenvalue weighted by atomic mass is 35.5. The Morgan fingerprint density at radius 1 is 1.26 bits per heavy atom. The number of halogens is 2. The Balaban J connectivity index is 1.61. The number of nitrogens with one attached hydrogen (secondary N) is 1. The summed E-state index contributed by atoms with van der Waals surface area (Å²) < 4.78 is 5.46. The van der Waals surface area contributed by atoms with Crippen LogP contribution in [0.2, 0.25) is 10.3 Å². The molecule has 2 amide bonds. The summed E-state index contributed by atoms with van der Waals surface area (Å²) >= 11 is 12.3. The lowest BCUT2D eigenvalue weighted by Gasteiger charge is -2.34. The summed E-state index contributed by atoms with van der Waals surface area (Å²) in [5.74, 6) is 6.49. The normalized spacial score (nSPS) is 14.5. The predicted octanol–water partition coefficient (Wildman–Crippen LogP) is 5.06. The van der Waals surface area contributed by atoms with Gasteiger partial charge < -0.3 is 15.0 Å². The number of aromatic nitrogens is 2. The molecule has 0 aliphatic carbocycles. The number of hydrazine groups is 1. The number of likely N-dealkylation sites (tertiary alicyclic amines) is 1. The van der Waals surface area contributed by atoms with E-state index in [1.165, 1.54) is 11.2 Å². The van der Waals surface area contributed by atoms with E-state index in [1.54, 1.807) is 11.0 Å². The average Bonchev–Trinajstić information content (AvgIpc) is 2.79. The summed E-state index contributed by atoms with van der Waals surface area (Å²) in [5, 5.41) is 4.66.